The number of hydrogen-bond donors (Lipinski definition) is 0. The monoisotopic (exact) mass is 320 g/mol. The highest BCUT2D eigenvalue weighted by molar-refractivity contribution is 6.00. The molecular formula is C17H24N2O4. The van der Waals surface area contributed by atoms with E-state index in [0.717, 1.165) is 5.69 Å². The van der Waals surface area contributed by atoms with E-state index < -0.39 is 0 Å². The van der Waals surface area contributed by atoms with Crippen molar-refractivity contribution in [3.8, 4) is 11.5 Å². The van der Waals surface area contributed by atoms with Crippen LogP contribution in [0.2, 0.25) is 0 Å². The quantitative estimate of drug-likeness (QED) is 0.803. The number of methoxy groups -OCH3 is 2. The van der Waals surface area contributed by atoms with E-state index in [2.05, 4.69) is 0 Å². The Morgan fingerprint density at radius 2 is 1.87 bits per heavy atom. The Bertz CT molecular complexity index is 584. The molecule has 0 aliphatic carbocycles. The number of rotatable bonds is 6. The zero-order chi connectivity index (χ0) is 17.0. The van der Waals surface area contributed by atoms with Gasteiger partial charge in [-0.3, -0.25) is 9.59 Å². The van der Waals surface area contributed by atoms with Crippen LogP contribution in [0.4, 0.5) is 5.69 Å². The molecule has 0 aromatic heterocycles. The average molecular weight is 320 g/mol. The Labute approximate surface area is 137 Å². The number of hydrogen-bond acceptors (Lipinski definition) is 4. The molecule has 0 spiro atoms. The van der Waals surface area contributed by atoms with Crippen LogP contribution in [0.5, 0.6) is 11.5 Å². The molecule has 1 saturated heterocycles. The second-order valence-electron chi connectivity index (χ2n) is 5.46. The molecule has 1 aliphatic heterocycles. The van der Waals surface area contributed by atoms with E-state index in [0.29, 0.717) is 31.1 Å². The van der Waals surface area contributed by atoms with E-state index in [1.54, 1.807) is 36.2 Å². The predicted octanol–water partition coefficient (Wildman–Crippen LogP) is 1.93. The number of carbonyl (C=O) groups is 2. The molecule has 2 rings (SSSR count). The summed E-state index contributed by atoms with van der Waals surface area (Å²) in [6.45, 7) is 5.63. The van der Waals surface area contributed by atoms with Gasteiger partial charge in [-0.2, -0.15) is 0 Å². The standard InChI is InChI=1S/C17H24N2O4/c1-5-18(6-2)17(21)12-9-16(20)19(11-12)13-7-8-14(22-3)15(10-13)23-4/h7-8,10,12H,5-6,9,11H2,1-4H3. The summed E-state index contributed by atoms with van der Waals surface area (Å²) in [6, 6.07) is 5.34. The zero-order valence-corrected chi connectivity index (χ0v) is 14.2. The molecule has 0 bridgehead atoms. The highest BCUT2D eigenvalue weighted by atomic mass is 16.5. The summed E-state index contributed by atoms with van der Waals surface area (Å²) in [6.07, 6.45) is 0.254. The number of anilines is 1. The van der Waals surface area contributed by atoms with Gasteiger partial charge in [0.2, 0.25) is 11.8 Å². The highest BCUT2D eigenvalue weighted by Crippen LogP contribution is 2.34. The van der Waals surface area contributed by atoms with Gasteiger partial charge in [0, 0.05) is 37.8 Å². The summed E-state index contributed by atoms with van der Waals surface area (Å²) < 4.78 is 10.5. The topological polar surface area (TPSA) is 59.1 Å². The Kier molecular flexibility index (Phi) is 5.47. The van der Waals surface area contributed by atoms with E-state index in [-0.39, 0.29) is 24.2 Å². The molecule has 6 nitrogen and oxygen atoms in total. The van der Waals surface area contributed by atoms with Gasteiger partial charge in [-0.15, -0.1) is 0 Å². The van der Waals surface area contributed by atoms with Crippen molar-refractivity contribution < 1.29 is 19.1 Å². The molecule has 1 aliphatic rings. The Morgan fingerprint density at radius 1 is 1.22 bits per heavy atom. The van der Waals surface area contributed by atoms with Gasteiger partial charge in [0.05, 0.1) is 20.1 Å². The lowest BCUT2D eigenvalue weighted by molar-refractivity contribution is -0.135. The number of amides is 2. The van der Waals surface area contributed by atoms with Crippen LogP contribution < -0.4 is 14.4 Å². The maximum absolute atomic E-state index is 12.5. The van der Waals surface area contributed by atoms with Gasteiger partial charge in [-0.1, -0.05) is 0 Å². The van der Waals surface area contributed by atoms with Crippen molar-refractivity contribution >= 4 is 17.5 Å². The summed E-state index contributed by atoms with van der Waals surface area (Å²) in [5.41, 5.74) is 0.725. The van der Waals surface area contributed by atoms with Crippen molar-refractivity contribution in [2.24, 2.45) is 5.92 Å². The average Bonchev–Trinajstić information content (AvgIpc) is 2.97. The lowest BCUT2D eigenvalue weighted by Crippen LogP contribution is -2.37. The van der Waals surface area contributed by atoms with Crippen molar-refractivity contribution in [1.29, 1.82) is 0 Å². The van der Waals surface area contributed by atoms with Gasteiger partial charge in [0.1, 0.15) is 0 Å². The van der Waals surface area contributed by atoms with Crippen LogP contribution in [0.1, 0.15) is 20.3 Å². The highest BCUT2D eigenvalue weighted by Gasteiger charge is 2.36. The van der Waals surface area contributed by atoms with Crippen LogP contribution in [-0.2, 0) is 9.59 Å². The van der Waals surface area contributed by atoms with Crippen LogP contribution in [0, 0.1) is 5.92 Å². The maximum Gasteiger partial charge on any atom is 0.227 e. The fraction of sp³-hybridized carbons (Fsp3) is 0.529. The van der Waals surface area contributed by atoms with Crippen LogP contribution in [0.15, 0.2) is 18.2 Å². The summed E-state index contributed by atoms with van der Waals surface area (Å²) >= 11 is 0. The first-order valence-corrected chi connectivity index (χ1v) is 7.86. The van der Waals surface area contributed by atoms with Crippen molar-refractivity contribution in [1.82, 2.24) is 4.90 Å². The van der Waals surface area contributed by atoms with E-state index >= 15 is 0 Å². The molecule has 1 unspecified atom stereocenters. The van der Waals surface area contributed by atoms with Gasteiger partial charge >= 0.3 is 0 Å². The molecule has 1 aromatic rings. The molecule has 1 aromatic carbocycles. The molecule has 23 heavy (non-hydrogen) atoms. The molecule has 1 fully saturated rings. The second-order valence-corrected chi connectivity index (χ2v) is 5.46. The Balaban J connectivity index is 2.19. The van der Waals surface area contributed by atoms with E-state index in [4.69, 9.17) is 9.47 Å². The Morgan fingerprint density at radius 3 is 2.43 bits per heavy atom. The Hall–Kier alpha value is -2.24. The largest absolute Gasteiger partial charge is 0.493 e. The van der Waals surface area contributed by atoms with Crippen LogP contribution >= 0.6 is 0 Å². The fourth-order valence-corrected chi connectivity index (χ4v) is 2.91. The SMILES string of the molecule is CCN(CC)C(=O)C1CC(=O)N(c2ccc(OC)c(OC)c2)C1. The van der Waals surface area contributed by atoms with E-state index in [9.17, 15) is 9.59 Å². The molecule has 0 radical (unpaired) electrons. The van der Waals surface area contributed by atoms with Crippen LogP contribution in [0.3, 0.4) is 0 Å². The molecule has 0 N–H and O–H groups in total. The van der Waals surface area contributed by atoms with Gasteiger partial charge in [-0.05, 0) is 26.0 Å². The molecule has 2 amide bonds. The molecule has 0 saturated carbocycles. The normalized spacial score (nSPS) is 17.3. The summed E-state index contributed by atoms with van der Waals surface area (Å²) in [4.78, 5) is 28.2. The first-order valence-electron chi connectivity index (χ1n) is 7.86. The van der Waals surface area contributed by atoms with Crippen molar-refractivity contribution in [3.63, 3.8) is 0 Å². The van der Waals surface area contributed by atoms with Crippen molar-refractivity contribution in [3.05, 3.63) is 18.2 Å². The van der Waals surface area contributed by atoms with E-state index in [1.165, 1.54) is 0 Å². The third-order valence-corrected chi connectivity index (χ3v) is 4.23. The fourth-order valence-electron chi connectivity index (χ4n) is 2.91. The minimum absolute atomic E-state index is 0.0391. The molecule has 6 heteroatoms. The smallest absolute Gasteiger partial charge is 0.227 e. The summed E-state index contributed by atoms with van der Waals surface area (Å²) in [5.74, 6) is 0.902. The van der Waals surface area contributed by atoms with Crippen LogP contribution in [0.25, 0.3) is 0 Å². The second kappa shape index (κ2) is 7.35. The zero-order valence-electron chi connectivity index (χ0n) is 14.2. The lowest BCUT2D eigenvalue weighted by atomic mass is 10.1. The maximum atomic E-state index is 12.5. The van der Waals surface area contributed by atoms with Crippen LogP contribution in [-0.4, -0.2) is 50.6 Å². The number of carbonyl (C=O) groups excluding carboxylic acids is 2. The number of benzene rings is 1. The van der Waals surface area contributed by atoms with E-state index in [1.807, 2.05) is 19.9 Å². The van der Waals surface area contributed by atoms with Crippen molar-refractivity contribution in [2.45, 2.75) is 20.3 Å². The van der Waals surface area contributed by atoms with Gasteiger partial charge in [-0.25, -0.2) is 0 Å². The molecular weight excluding hydrogens is 296 g/mol. The predicted molar refractivity (Wildman–Crippen MR) is 87.9 cm³/mol. The van der Waals surface area contributed by atoms with Gasteiger partial charge in [0.25, 0.3) is 0 Å². The first-order chi connectivity index (χ1) is 11.0. The molecule has 126 valence electrons. The summed E-state index contributed by atoms with van der Waals surface area (Å²) in [5, 5.41) is 0. The number of ether oxygens (including phenoxy) is 2. The van der Waals surface area contributed by atoms with Gasteiger partial charge < -0.3 is 19.3 Å². The minimum Gasteiger partial charge on any atom is -0.493 e. The number of nitrogens with zero attached hydrogens (tertiary/aromatic N) is 2. The summed E-state index contributed by atoms with van der Waals surface area (Å²) in [7, 11) is 3.12. The first kappa shape index (κ1) is 17.1. The third kappa shape index (κ3) is 3.41. The third-order valence-electron chi connectivity index (χ3n) is 4.23. The molecule has 1 heterocycles. The molecule has 1 atom stereocenters. The minimum atomic E-state index is -0.282. The van der Waals surface area contributed by atoms with Gasteiger partial charge in [0.15, 0.2) is 11.5 Å². The van der Waals surface area contributed by atoms with Crippen molar-refractivity contribution in [2.75, 3.05) is 38.8 Å². The lowest BCUT2D eigenvalue weighted by Gasteiger charge is -2.23.